The molecule has 1 aromatic heterocycles. The van der Waals surface area contributed by atoms with Gasteiger partial charge in [-0.2, -0.15) is 0 Å². The molecule has 0 aliphatic heterocycles. The van der Waals surface area contributed by atoms with Gasteiger partial charge in [0.05, 0.1) is 35.1 Å². The normalized spacial score (nSPS) is 15.5. The molecule has 1 atom stereocenters. The molecule has 0 saturated heterocycles. The number of carbonyl (C=O) groups is 2. The van der Waals surface area contributed by atoms with E-state index in [4.69, 9.17) is 21.3 Å². The highest BCUT2D eigenvalue weighted by atomic mass is 35.5. The Labute approximate surface area is 249 Å². The highest BCUT2D eigenvalue weighted by molar-refractivity contribution is 8.00. The lowest BCUT2D eigenvalue weighted by molar-refractivity contribution is -0.138. The zero-order valence-electron chi connectivity index (χ0n) is 23.1. The summed E-state index contributed by atoms with van der Waals surface area (Å²) in [4.78, 5) is 30.0. The standard InChI is InChI=1S/C34H32ClNO4S/c1-3-19-41-34(33(17-18-33)22-31(37)38,29-10-5-4-9-28(29)32(39)40-2)25-8-6-7-23(20-25)11-15-27-16-13-24-12-14-26(35)21-30(24)36-27/h4-16,20-21H,3,17-19,22H2,1-2H3,(H,37,38). The number of benzene rings is 3. The number of methoxy groups -OCH3 is 1. The molecule has 1 aliphatic rings. The molecule has 0 bridgehead atoms. The topological polar surface area (TPSA) is 76.5 Å². The van der Waals surface area contributed by atoms with Crippen LogP contribution in [-0.2, 0) is 14.3 Å². The van der Waals surface area contributed by atoms with Crippen molar-refractivity contribution in [2.45, 2.75) is 37.4 Å². The first kappa shape index (κ1) is 28.9. The summed E-state index contributed by atoms with van der Waals surface area (Å²) in [5, 5.41) is 11.7. The first-order valence-corrected chi connectivity index (χ1v) is 15.1. The fourth-order valence-electron chi connectivity index (χ4n) is 5.73. The maximum Gasteiger partial charge on any atom is 0.338 e. The molecule has 3 aromatic carbocycles. The molecule has 4 aromatic rings. The lowest BCUT2D eigenvalue weighted by atomic mass is 9.73. The van der Waals surface area contributed by atoms with Gasteiger partial charge in [0.2, 0.25) is 0 Å². The Morgan fingerprint density at radius 2 is 1.83 bits per heavy atom. The Hall–Kier alpha value is -3.61. The summed E-state index contributed by atoms with van der Waals surface area (Å²) in [6.45, 7) is 2.11. The number of ether oxygens (including phenoxy) is 1. The van der Waals surface area contributed by atoms with Crippen LogP contribution in [0.5, 0.6) is 0 Å². The van der Waals surface area contributed by atoms with Gasteiger partial charge >= 0.3 is 11.9 Å². The van der Waals surface area contributed by atoms with Crippen molar-refractivity contribution in [3.63, 3.8) is 0 Å². The molecule has 41 heavy (non-hydrogen) atoms. The van der Waals surface area contributed by atoms with E-state index in [2.05, 4.69) is 19.1 Å². The van der Waals surface area contributed by atoms with Crippen molar-refractivity contribution in [2.75, 3.05) is 12.9 Å². The fraction of sp³-hybridized carbons (Fsp3) is 0.265. The minimum atomic E-state index is -0.835. The summed E-state index contributed by atoms with van der Waals surface area (Å²) in [5.74, 6) is -0.453. The van der Waals surface area contributed by atoms with Gasteiger partial charge in [0.15, 0.2) is 0 Å². The summed E-state index contributed by atoms with van der Waals surface area (Å²) >= 11 is 7.91. The van der Waals surface area contributed by atoms with E-state index in [1.54, 1.807) is 17.8 Å². The number of hydrogen-bond acceptors (Lipinski definition) is 5. The summed E-state index contributed by atoms with van der Waals surface area (Å²) < 4.78 is 4.43. The number of thioether (sulfide) groups is 1. The molecule has 210 valence electrons. The van der Waals surface area contributed by atoms with Gasteiger partial charge in [-0.05, 0) is 78.1 Å². The molecule has 0 spiro atoms. The van der Waals surface area contributed by atoms with Gasteiger partial charge in [-0.15, -0.1) is 11.8 Å². The van der Waals surface area contributed by atoms with Crippen LogP contribution in [0.2, 0.25) is 5.02 Å². The second-order valence-corrected chi connectivity index (χ2v) is 12.2. The molecule has 1 fully saturated rings. The van der Waals surface area contributed by atoms with E-state index >= 15 is 0 Å². The molecule has 0 radical (unpaired) electrons. The fourth-order valence-corrected chi connectivity index (χ4v) is 7.62. The average Bonchev–Trinajstić information content (AvgIpc) is 3.76. The Bertz CT molecular complexity index is 1630. The number of carboxylic acid groups (broad SMARTS) is 1. The molecule has 1 heterocycles. The molecule has 7 heteroatoms. The lowest BCUT2D eigenvalue weighted by Crippen LogP contribution is -2.38. The third kappa shape index (κ3) is 5.77. The van der Waals surface area contributed by atoms with Crippen molar-refractivity contribution in [1.29, 1.82) is 0 Å². The molecule has 1 aliphatic carbocycles. The van der Waals surface area contributed by atoms with E-state index in [9.17, 15) is 14.7 Å². The molecule has 5 rings (SSSR count). The summed E-state index contributed by atoms with van der Waals surface area (Å²) in [6, 6.07) is 25.3. The van der Waals surface area contributed by atoms with E-state index in [-0.39, 0.29) is 6.42 Å². The predicted molar refractivity (Wildman–Crippen MR) is 167 cm³/mol. The van der Waals surface area contributed by atoms with Gasteiger partial charge in [-0.1, -0.05) is 73.1 Å². The third-order valence-electron chi connectivity index (χ3n) is 7.74. The first-order chi connectivity index (χ1) is 19.8. The number of halogens is 1. The third-order valence-corrected chi connectivity index (χ3v) is 9.91. The van der Waals surface area contributed by atoms with Crippen molar-refractivity contribution < 1.29 is 19.4 Å². The van der Waals surface area contributed by atoms with E-state index in [1.165, 1.54) is 7.11 Å². The predicted octanol–water partition coefficient (Wildman–Crippen LogP) is 8.49. The maximum absolute atomic E-state index is 13.0. The van der Waals surface area contributed by atoms with Crippen LogP contribution in [0.4, 0.5) is 0 Å². The molecule has 1 unspecified atom stereocenters. The molecule has 1 N–H and O–H groups in total. The molecule has 0 amide bonds. The Morgan fingerprint density at radius 1 is 1.05 bits per heavy atom. The number of rotatable bonds is 11. The van der Waals surface area contributed by atoms with E-state index in [1.807, 2.05) is 72.8 Å². The number of fused-ring (bicyclic) bond motifs is 1. The molecule has 1 saturated carbocycles. The van der Waals surface area contributed by atoms with Crippen LogP contribution >= 0.6 is 23.4 Å². The van der Waals surface area contributed by atoms with E-state index in [0.717, 1.165) is 58.3 Å². The molecular weight excluding hydrogens is 554 g/mol. The van der Waals surface area contributed by atoms with Gasteiger partial charge in [0.1, 0.15) is 0 Å². The van der Waals surface area contributed by atoms with Gasteiger partial charge in [0, 0.05) is 15.8 Å². The van der Waals surface area contributed by atoms with Gasteiger partial charge < -0.3 is 9.84 Å². The molecule has 5 nitrogen and oxygen atoms in total. The van der Waals surface area contributed by atoms with E-state index < -0.39 is 22.1 Å². The number of carboxylic acids is 1. The van der Waals surface area contributed by atoms with Crippen molar-refractivity contribution in [2.24, 2.45) is 5.41 Å². The van der Waals surface area contributed by atoms with Gasteiger partial charge in [-0.3, -0.25) is 4.79 Å². The molecular formula is C34H32ClNO4S. The van der Waals surface area contributed by atoms with Crippen LogP contribution in [0.15, 0.2) is 78.9 Å². The van der Waals surface area contributed by atoms with E-state index in [0.29, 0.717) is 10.6 Å². The van der Waals surface area contributed by atoms with Gasteiger partial charge in [-0.25, -0.2) is 9.78 Å². The number of aromatic nitrogens is 1. The monoisotopic (exact) mass is 585 g/mol. The second-order valence-electron chi connectivity index (χ2n) is 10.4. The van der Waals surface area contributed by atoms with Crippen LogP contribution in [0.25, 0.3) is 23.1 Å². The highest BCUT2D eigenvalue weighted by Crippen LogP contribution is 2.69. The highest BCUT2D eigenvalue weighted by Gasteiger charge is 2.62. The van der Waals surface area contributed by atoms with Crippen LogP contribution in [0.1, 0.15) is 65.3 Å². The van der Waals surface area contributed by atoms with Crippen molar-refractivity contribution in [3.8, 4) is 0 Å². The summed E-state index contributed by atoms with van der Waals surface area (Å²) in [7, 11) is 1.38. The lowest BCUT2D eigenvalue weighted by Gasteiger charge is -2.43. The number of esters is 1. The van der Waals surface area contributed by atoms with Crippen LogP contribution < -0.4 is 0 Å². The number of carbonyl (C=O) groups excluding carboxylic acids is 1. The minimum Gasteiger partial charge on any atom is -0.481 e. The quantitative estimate of drug-likeness (QED) is 0.178. The van der Waals surface area contributed by atoms with Crippen molar-refractivity contribution >= 4 is 58.4 Å². The number of pyridine rings is 1. The summed E-state index contributed by atoms with van der Waals surface area (Å²) in [6.07, 6.45) is 6.42. The number of hydrogen-bond donors (Lipinski definition) is 1. The minimum absolute atomic E-state index is 0.0167. The Kier molecular flexibility index (Phi) is 8.52. The average molecular weight is 586 g/mol. The SMILES string of the molecule is CCCSC(c1cccc(C=Cc2ccc3ccc(Cl)cc3n2)c1)(c1ccccc1C(=O)OC)C1(CC(=O)O)CC1. The van der Waals surface area contributed by atoms with Crippen LogP contribution in [-0.4, -0.2) is 34.9 Å². The van der Waals surface area contributed by atoms with Crippen molar-refractivity contribution in [1.82, 2.24) is 4.98 Å². The largest absolute Gasteiger partial charge is 0.481 e. The van der Waals surface area contributed by atoms with Crippen LogP contribution in [0.3, 0.4) is 0 Å². The Morgan fingerprint density at radius 3 is 2.56 bits per heavy atom. The number of nitrogens with zero attached hydrogens (tertiary/aromatic N) is 1. The first-order valence-electron chi connectivity index (χ1n) is 13.7. The van der Waals surface area contributed by atoms with Gasteiger partial charge in [0.25, 0.3) is 0 Å². The van der Waals surface area contributed by atoms with Crippen LogP contribution in [0, 0.1) is 5.41 Å². The smallest absolute Gasteiger partial charge is 0.338 e. The zero-order valence-corrected chi connectivity index (χ0v) is 24.7. The number of aliphatic carboxylic acids is 1. The maximum atomic E-state index is 13.0. The zero-order chi connectivity index (χ0) is 29.0. The Balaban J connectivity index is 1.65. The van der Waals surface area contributed by atoms with Crippen molar-refractivity contribution in [3.05, 3.63) is 112 Å². The summed E-state index contributed by atoms with van der Waals surface area (Å²) in [5.41, 5.74) is 4.30. The second kappa shape index (κ2) is 12.1.